The van der Waals surface area contributed by atoms with Gasteiger partial charge in [-0.05, 0) is 25.0 Å². The second kappa shape index (κ2) is 7.53. The molecule has 1 aliphatic heterocycles. The van der Waals surface area contributed by atoms with Crippen LogP contribution in [0.1, 0.15) is 12.8 Å². The Hall–Kier alpha value is -2.28. The van der Waals surface area contributed by atoms with E-state index in [0.717, 1.165) is 50.5 Å². The molecule has 0 bridgehead atoms. The SMILES string of the molecule is COc1ccccc1N1CCN(CC(=O)NC(=O)NC2CC2)CC1. The summed E-state index contributed by atoms with van der Waals surface area (Å²) in [4.78, 5) is 27.8. The van der Waals surface area contributed by atoms with Gasteiger partial charge < -0.3 is 15.0 Å². The molecular formula is C17H24N4O3. The van der Waals surface area contributed by atoms with E-state index in [4.69, 9.17) is 4.74 Å². The number of carbonyl (C=O) groups excluding carboxylic acids is 2. The largest absolute Gasteiger partial charge is 0.495 e. The molecule has 3 amide bonds. The minimum Gasteiger partial charge on any atom is -0.495 e. The number of para-hydroxylation sites is 2. The highest BCUT2D eigenvalue weighted by molar-refractivity contribution is 5.95. The van der Waals surface area contributed by atoms with Crippen molar-refractivity contribution in [3.05, 3.63) is 24.3 Å². The monoisotopic (exact) mass is 332 g/mol. The van der Waals surface area contributed by atoms with Gasteiger partial charge in [0, 0.05) is 32.2 Å². The van der Waals surface area contributed by atoms with Gasteiger partial charge in [-0.3, -0.25) is 15.0 Å². The van der Waals surface area contributed by atoms with Gasteiger partial charge in [-0.15, -0.1) is 0 Å². The number of ether oxygens (including phenoxy) is 1. The third-order valence-electron chi connectivity index (χ3n) is 4.33. The van der Waals surface area contributed by atoms with Crippen molar-refractivity contribution in [3.63, 3.8) is 0 Å². The van der Waals surface area contributed by atoms with Crippen molar-refractivity contribution < 1.29 is 14.3 Å². The highest BCUT2D eigenvalue weighted by Crippen LogP contribution is 2.28. The molecule has 1 aliphatic carbocycles. The standard InChI is InChI=1S/C17H24N4O3/c1-24-15-5-3-2-4-14(15)21-10-8-20(9-11-21)12-16(22)19-17(23)18-13-6-7-13/h2-5,13H,6-12H2,1H3,(H2,18,19,22,23). The van der Waals surface area contributed by atoms with Gasteiger partial charge in [0.05, 0.1) is 19.3 Å². The molecule has 0 atom stereocenters. The quantitative estimate of drug-likeness (QED) is 0.835. The number of anilines is 1. The molecule has 130 valence electrons. The van der Waals surface area contributed by atoms with Gasteiger partial charge in [-0.2, -0.15) is 0 Å². The minimum atomic E-state index is -0.379. The van der Waals surface area contributed by atoms with E-state index in [1.54, 1.807) is 7.11 Å². The molecule has 0 spiro atoms. The molecule has 24 heavy (non-hydrogen) atoms. The van der Waals surface area contributed by atoms with E-state index in [1.807, 2.05) is 24.3 Å². The van der Waals surface area contributed by atoms with Crippen LogP contribution in [0.25, 0.3) is 0 Å². The van der Waals surface area contributed by atoms with E-state index in [-0.39, 0.29) is 24.5 Å². The van der Waals surface area contributed by atoms with Crippen LogP contribution >= 0.6 is 0 Å². The molecule has 1 aromatic rings. The number of methoxy groups -OCH3 is 1. The fraction of sp³-hybridized carbons (Fsp3) is 0.529. The van der Waals surface area contributed by atoms with Crippen LogP contribution in [-0.2, 0) is 4.79 Å². The minimum absolute atomic E-state index is 0.248. The number of nitrogens with zero attached hydrogens (tertiary/aromatic N) is 2. The number of carbonyl (C=O) groups is 2. The van der Waals surface area contributed by atoms with Gasteiger partial charge in [-0.1, -0.05) is 12.1 Å². The Morgan fingerprint density at radius 3 is 2.54 bits per heavy atom. The molecule has 2 fully saturated rings. The number of hydrogen-bond donors (Lipinski definition) is 2. The molecule has 2 aliphatic rings. The first-order valence-corrected chi connectivity index (χ1v) is 8.36. The van der Waals surface area contributed by atoms with Gasteiger partial charge in [-0.25, -0.2) is 4.79 Å². The first-order valence-electron chi connectivity index (χ1n) is 8.36. The molecule has 7 heteroatoms. The number of nitrogens with one attached hydrogen (secondary N) is 2. The maximum atomic E-state index is 11.9. The van der Waals surface area contributed by atoms with Crippen molar-refractivity contribution in [2.75, 3.05) is 44.7 Å². The summed E-state index contributed by atoms with van der Waals surface area (Å²) in [6.07, 6.45) is 2.01. The normalized spacial score (nSPS) is 18.1. The lowest BCUT2D eigenvalue weighted by molar-refractivity contribution is -0.121. The van der Waals surface area contributed by atoms with Gasteiger partial charge >= 0.3 is 6.03 Å². The molecule has 0 aromatic heterocycles. The first kappa shape index (κ1) is 16.6. The van der Waals surface area contributed by atoms with Crippen LogP contribution in [-0.4, -0.2) is 62.7 Å². The Morgan fingerprint density at radius 2 is 1.88 bits per heavy atom. The van der Waals surface area contributed by atoms with Crippen molar-refractivity contribution in [3.8, 4) is 5.75 Å². The summed E-state index contributed by atoms with van der Waals surface area (Å²) in [5.41, 5.74) is 1.08. The predicted octanol–water partition coefficient (Wildman–Crippen LogP) is 0.805. The molecular weight excluding hydrogens is 308 g/mol. The third-order valence-corrected chi connectivity index (χ3v) is 4.33. The molecule has 1 saturated carbocycles. The van der Waals surface area contributed by atoms with E-state index in [0.29, 0.717) is 0 Å². The van der Waals surface area contributed by atoms with Crippen molar-refractivity contribution in [2.24, 2.45) is 0 Å². The lowest BCUT2D eigenvalue weighted by atomic mass is 10.2. The molecule has 1 aromatic carbocycles. The summed E-state index contributed by atoms with van der Waals surface area (Å²) in [7, 11) is 1.67. The Balaban J connectivity index is 1.44. The van der Waals surface area contributed by atoms with E-state index in [2.05, 4.69) is 20.4 Å². The third kappa shape index (κ3) is 4.38. The Kier molecular flexibility index (Phi) is 5.20. The van der Waals surface area contributed by atoms with Crippen LogP contribution in [0.3, 0.4) is 0 Å². The van der Waals surface area contributed by atoms with Gasteiger partial charge in [0.25, 0.3) is 0 Å². The highest BCUT2D eigenvalue weighted by Gasteiger charge is 2.25. The molecule has 1 heterocycles. The van der Waals surface area contributed by atoms with Crippen LogP contribution in [0.4, 0.5) is 10.5 Å². The van der Waals surface area contributed by atoms with Crippen LogP contribution in [0, 0.1) is 0 Å². The van der Waals surface area contributed by atoms with Crippen molar-refractivity contribution >= 4 is 17.6 Å². The van der Waals surface area contributed by atoms with E-state index in [1.165, 1.54) is 0 Å². The average Bonchev–Trinajstić information content (AvgIpc) is 3.39. The average molecular weight is 332 g/mol. The Bertz CT molecular complexity index is 595. The second-order valence-corrected chi connectivity index (χ2v) is 6.23. The zero-order chi connectivity index (χ0) is 16.9. The summed E-state index contributed by atoms with van der Waals surface area (Å²) < 4.78 is 5.41. The fourth-order valence-electron chi connectivity index (χ4n) is 2.86. The summed E-state index contributed by atoms with van der Waals surface area (Å²) >= 11 is 0. The Labute approximate surface area is 141 Å². The number of piperazine rings is 1. The van der Waals surface area contributed by atoms with Crippen molar-refractivity contribution in [1.82, 2.24) is 15.5 Å². The summed E-state index contributed by atoms with van der Waals surface area (Å²) in [6, 6.07) is 7.82. The number of imide groups is 1. The lowest BCUT2D eigenvalue weighted by Crippen LogP contribution is -2.51. The van der Waals surface area contributed by atoms with Crippen LogP contribution in [0.5, 0.6) is 5.75 Å². The van der Waals surface area contributed by atoms with E-state index < -0.39 is 0 Å². The van der Waals surface area contributed by atoms with Gasteiger partial charge in [0.2, 0.25) is 5.91 Å². The summed E-state index contributed by atoms with van der Waals surface area (Å²) in [5, 5.41) is 5.15. The zero-order valence-electron chi connectivity index (χ0n) is 14.0. The van der Waals surface area contributed by atoms with Crippen molar-refractivity contribution in [1.29, 1.82) is 0 Å². The zero-order valence-corrected chi connectivity index (χ0v) is 14.0. The number of amides is 3. The topological polar surface area (TPSA) is 73.9 Å². The van der Waals surface area contributed by atoms with Crippen LogP contribution in [0.2, 0.25) is 0 Å². The predicted molar refractivity (Wildman–Crippen MR) is 91.3 cm³/mol. The molecule has 1 saturated heterocycles. The molecule has 0 radical (unpaired) electrons. The van der Waals surface area contributed by atoms with Crippen LogP contribution < -0.4 is 20.3 Å². The molecule has 7 nitrogen and oxygen atoms in total. The fourth-order valence-corrected chi connectivity index (χ4v) is 2.86. The molecule has 2 N–H and O–H groups in total. The lowest BCUT2D eigenvalue weighted by Gasteiger charge is -2.36. The number of urea groups is 1. The van der Waals surface area contributed by atoms with Gasteiger partial charge in [0.15, 0.2) is 0 Å². The second-order valence-electron chi connectivity index (χ2n) is 6.23. The van der Waals surface area contributed by atoms with Crippen molar-refractivity contribution in [2.45, 2.75) is 18.9 Å². The smallest absolute Gasteiger partial charge is 0.321 e. The number of hydrogen-bond acceptors (Lipinski definition) is 5. The van der Waals surface area contributed by atoms with Gasteiger partial charge in [0.1, 0.15) is 5.75 Å². The maximum Gasteiger partial charge on any atom is 0.321 e. The van der Waals surface area contributed by atoms with E-state index in [9.17, 15) is 9.59 Å². The van der Waals surface area contributed by atoms with Crippen LogP contribution in [0.15, 0.2) is 24.3 Å². The highest BCUT2D eigenvalue weighted by atomic mass is 16.5. The molecule has 0 unspecified atom stereocenters. The maximum absolute atomic E-state index is 11.9. The number of rotatable bonds is 5. The summed E-state index contributed by atoms with van der Waals surface area (Å²) in [5.74, 6) is 0.610. The molecule has 3 rings (SSSR count). The Morgan fingerprint density at radius 1 is 1.17 bits per heavy atom. The number of benzene rings is 1. The van der Waals surface area contributed by atoms with E-state index >= 15 is 0 Å². The summed E-state index contributed by atoms with van der Waals surface area (Å²) in [6.45, 7) is 3.44. The first-order chi connectivity index (χ1) is 11.7.